The van der Waals surface area contributed by atoms with Gasteiger partial charge in [-0.15, -0.1) is 0 Å². The van der Waals surface area contributed by atoms with E-state index in [0.29, 0.717) is 42.3 Å². The van der Waals surface area contributed by atoms with Crippen molar-refractivity contribution in [1.29, 1.82) is 0 Å². The van der Waals surface area contributed by atoms with Crippen LogP contribution < -0.4 is 11.1 Å². The summed E-state index contributed by atoms with van der Waals surface area (Å²) in [6.07, 6.45) is 5.01. The minimum absolute atomic E-state index is 0.0549. The maximum Gasteiger partial charge on any atom is 0.255 e. The van der Waals surface area contributed by atoms with E-state index in [4.69, 9.17) is 10.2 Å². The molecule has 230 valence electrons. The van der Waals surface area contributed by atoms with Gasteiger partial charge in [-0.25, -0.2) is 0 Å². The fraction of sp³-hybridized carbons (Fsp3) is 0.485. The summed E-state index contributed by atoms with van der Waals surface area (Å²) in [5.74, 6) is -4.61. The number of carbonyl (C=O) groups is 3. The largest absolute Gasteiger partial charge is 0.510 e. The van der Waals surface area contributed by atoms with Crippen LogP contribution in [0.5, 0.6) is 5.75 Å². The molecule has 0 aliphatic heterocycles. The number of phenolic OH excluding ortho intramolecular Hbond substituents is 1. The third-order valence-electron chi connectivity index (χ3n) is 9.34. The lowest BCUT2D eigenvalue weighted by atomic mass is 9.59. The number of aliphatic hydroxyl groups excluding tert-OH is 2. The van der Waals surface area contributed by atoms with Crippen molar-refractivity contribution < 1.29 is 34.1 Å². The number of aromatic hydroxyl groups is 1. The van der Waals surface area contributed by atoms with Crippen molar-refractivity contribution >= 4 is 23.2 Å². The van der Waals surface area contributed by atoms with Crippen molar-refractivity contribution in [2.45, 2.75) is 71.0 Å². The molecule has 6 N–H and O–H groups in total. The molecule has 2 aromatic rings. The van der Waals surface area contributed by atoms with Gasteiger partial charge >= 0.3 is 0 Å². The molecule has 10 nitrogen and oxygen atoms in total. The number of rotatable bonds is 10. The molecule has 1 saturated carbocycles. The molecular formula is C33H41N3O7. The van der Waals surface area contributed by atoms with Crippen molar-refractivity contribution in [1.82, 2.24) is 10.2 Å². The lowest BCUT2D eigenvalue weighted by molar-refractivity contribution is -0.136. The summed E-state index contributed by atoms with van der Waals surface area (Å²) < 4.78 is 6.22. The van der Waals surface area contributed by atoms with Crippen molar-refractivity contribution in [3.05, 3.63) is 58.1 Å². The Morgan fingerprint density at radius 1 is 1.12 bits per heavy atom. The Labute approximate surface area is 251 Å². The SMILES string of the molecule is CCCCC(CC)NCc1ccc(-c2ccc(O)c3c2C[C@H]2C[C@@H]4C(C(=O)C(C(N)=O)=C(O)C4N(C)C)C(=O)C2=C3O)o1. The molecule has 0 saturated heterocycles. The monoisotopic (exact) mass is 591 g/mol. The van der Waals surface area contributed by atoms with Gasteiger partial charge in [-0.1, -0.05) is 26.7 Å². The number of primary amides is 1. The molecule has 0 spiro atoms. The standard InChI is InChI=1S/C33H41N3O7/c1-5-7-8-17(6-2)35-15-18-9-12-23(43-18)19-10-11-22(37)25-20(19)13-16-14-21-26(30(39)24(16)29(25)38)31(40)27(33(34)42)32(41)28(21)36(3)4/h9-12,16-17,21,26,28,35,37-38,41H,5-8,13-15H2,1-4H3,(H2,34,42)/t16-,17?,21+,26?,28?/m0/s1. The van der Waals surface area contributed by atoms with Gasteiger partial charge in [-0.3, -0.25) is 19.3 Å². The van der Waals surface area contributed by atoms with Crippen molar-refractivity contribution in [2.75, 3.05) is 14.1 Å². The Hall–Kier alpha value is -3.89. The zero-order valence-electron chi connectivity index (χ0n) is 25.1. The van der Waals surface area contributed by atoms with Crippen LogP contribution in [0.1, 0.15) is 62.8 Å². The van der Waals surface area contributed by atoms with Gasteiger partial charge in [0.15, 0.2) is 11.6 Å². The molecule has 0 radical (unpaired) electrons. The number of phenols is 1. The number of fused-ring (bicyclic) bond motifs is 3. The van der Waals surface area contributed by atoms with Crippen molar-refractivity contribution in [3.8, 4) is 17.1 Å². The summed E-state index contributed by atoms with van der Waals surface area (Å²) in [6, 6.07) is 6.59. The number of Topliss-reactive ketones (excluding diaryl/α,β-unsaturated/α-hetero) is 2. The molecule has 1 heterocycles. The number of aliphatic hydroxyl groups is 2. The highest BCUT2D eigenvalue weighted by atomic mass is 16.3. The number of nitrogens with one attached hydrogen (secondary N) is 1. The maximum atomic E-state index is 13.9. The number of unbranched alkanes of at least 4 members (excludes halogenated alkanes) is 1. The first-order chi connectivity index (χ1) is 20.5. The van der Waals surface area contributed by atoms with E-state index in [1.165, 1.54) is 6.07 Å². The highest BCUT2D eigenvalue weighted by Gasteiger charge is 2.55. The maximum absolute atomic E-state index is 13.9. The summed E-state index contributed by atoms with van der Waals surface area (Å²) in [5.41, 5.74) is 6.39. The Morgan fingerprint density at radius 3 is 2.51 bits per heavy atom. The van der Waals surface area contributed by atoms with E-state index in [9.17, 15) is 29.7 Å². The number of nitrogens with zero attached hydrogens (tertiary/aromatic N) is 1. The molecule has 3 unspecified atom stereocenters. The molecule has 1 amide bonds. The summed E-state index contributed by atoms with van der Waals surface area (Å²) >= 11 is 0. The topological polar surface area (TPSA) is 166 Å². The van der Waals surface area contributed by atoms with Gasteiger partial charge in [0.1, 0.15) is 34.4 Å². The van der Waals surface area contributed by atoms with Crippen LogP contribution in [0.15, 0.2) is 45.6 Å². The highest BCUT2D eigenvalue weighted by Crippen LogP contribution is 2.51. The van der Waals surface area contributed by atoms with E-state index < -0.39 is 52.6 Å². The number of nitrogens with two attached hydrogens (primary N) is 1. The molecule has 3 aliphatic carbocycles. The second-order valence-electron chi connectivity index (χ2n) is 12.2. The zero-order chi connectivity index (χ0) is 31.2. The first kappa shape index (κ1) is 30.6. The van der Waals surface area contributed by atoms with Crippen LogP contribution in [0, 0.1) is 17.8 Å². The minimum Gasteiger partial charge on any atom is -0.510 e. The van der Waals surface area contributed by atoms with Gasteiger partial charge in [0.2, 0.25) is 0 Å². The first-order valence-electron chi connectivity index (χ1n) is 15.1. The third-order valence-corrected chi connectivity index (χ3v) is 9.34. The Morgan fingerprint density at radius 2 is 1.86 bits per heavy atom. The van der Waals surface area contributed by atoms with Crippen LogP contribution in [0.2, 0.25) is 0 Å². The predicted octanol–water partition coefficient (Wildman–Crippen LogP) is 4.17. The molecule has 0 bridgehead atoms. The van der Waals surface area contributed by atoms with E-state index in [1.54, 1.807) is 25.1 Å². The van der Waals surface area contributed by atoms with E-state index in [0.717, 1.165) is 31.4 Å². The number of amides is 1. The molecular weight excluding hydrogens is 550 g/mol. The lowest BCUT2D eigenvalue weighted by Gasteiger charge is -2.46. The molecule has 1 aromatic carbocycles. The molecule has 5 atom stereocenters. The van der Waals surface area contributed by atoms with E-state index in [-0.39, 0.29) is 22.6 Å². The van der Waals surface area contributed by atoms with Crippen molar-refractivity contribution in [2.24, 2.45) is 23.5 Å². The minimum atomic E-state index is -1.28. The van der Waals surface area contributed by atoms with Gasteiger partial charge in [-0.2, -0.15) is 0 Å². The average molecular weight is 592 g/mol. The van der Waals surface area contributed by atoms with Crippen molar-refractivity contribution in [3.63, 3.8) is 0 Å². The summed E-state index contributed by atoms with van der Waals surface area (Å²) in [5, 5.41) is 36.8. The quantitative estimate of drug-likeness (QED) is 0.201. The van der Waals surface area contributed by atoms with E-state index >= 15 is 0 Å². The number of hydrogen-bond acceptors (Lipinski definition) is 9. The molecule has 1 fully saturated rings. The highest BCUT2D eigenvalue weighted by molar-refractivity contribution is 6.28. The van der Waals surface area contributed by atoms with Gasteiger partial charge in [0.25, 0.3) is 5.91 Å². The number of furan rings is 1. The predicted molar refractivity (Wildman–Crippen MR) is 161 cm³/mol. The summed E-state index contributed by atoms with van der Waals surface area (Å²) in [7, 11) is 3.39. The van der Waals surface area contributed by atoms with E-state index in [2.05, 4.69) is 19.2 Å². The second-order valence-corrected chi connectivity index (χ2v) is 12.2. The van der Waals surface area contributed by atoms with Gasteiger partial charge in [0.05, 0.1) is 24.1 Å². The number of likely N-dealkylation sites (N-methyl/N-ethyl adjacent to an activating group) is 1. The van der Waals surface area contributed by atoms with E-state index in [1.807, 2.05) is 12.1 Å². The number of ketones is 2. The Bertz CT molecular complexity index is 1520. The van der Waals surface area contributed by atoms with Gasteiger partial charge < -0.3 is 30.8 Å². The molecule has 10 heteroatoms. The average Bonchev–Trinajstić information content (AvgIpc) is 3.41. The van der Waals surface area contributed by atoms with Gasteiger partial charge in [0, 0.05) is 17.2 Å². The van der Waals surface area contributed by atoms with Gasteiger partial charge in [-0.05, 0) is 81.4 Å². The smallest absolute Gasteiger partial charge is 0.255 e. The molecule has 1 aromatic heterocycles. The number of benzene rings is 1. The normalized spacial score (nSPS) is 24.2. The first-order valence-corrected chi connectivity index (χ1v) is 15.1. The summed E-state index contributed by atoms with van der Waals surface area (Å²) in [6.45, 7) is 4.91. The summed E-state index contributed by atoms with van der Waals surface area (Å²) in [4.78, 5) is 41.1. The second kappa shape index (κ2) is 12.0. The van der Waals surface area contributed by atoms with Crippen LogP contribution in [-0.2, 0) is 27.3 Å². The molecule has 5 rings (SSSR count). The zero-order valence-corrected chi connectivity index (χ0v) is 25.1. The fourth-order valence-electron chi connectivity index (χ4n) is 7.26. The Balaban J connectivity index is 1.51. The van der Waals surface area contributed by atoms with Crippen LogP contribution in [-0.4, -0.2) is 63.9 Å². The van der Waals surface area contributed by atoms with Crippen LogP contribution in [0.4, 0.5) is 0 Å². The molecule has 43 heavy (non-hydrogen) atoms. The third kappa shape index (κ3) is 5.27. The van der Waals surface area contributed by atoms with Crippen LogP contribution in [0.3, 0.4) is 0 Å². The Kier molecular flexibility index (Phi) is 8.54. The number of allylic oxidation sites excluding steroid dienone is 1. The fourth-order valence-corrected chi connectivity index (χ4v) is 7.26. The number of carbonyl (C=O) groups excluding carboxylic acids is 3. The number of hydrogen-bond donors (Lipinski definition) is 5. The van der Waals surface area contributed by atoms with Crippen LogP contribution in [0.25, 0.3) is 17.1 Å². The molecule has 3 aliphatic rings. The van der Waals surface area contributed by atoms with Crippen LogP contribution >= 0.6 is 0 Å². The lowest BCUT2D eigenvalue weighted by Crippen LogP contribution is -2.55.